The molecular formula is C7H12ClF2N3O2. The normalized spacial score (nSPS) is 22.9. The first-order valence-corrected chi connectivity index (χ1v) is 4.08. The van der Waals surface area contributed by atoms with E-state index in [0.717, 1.165) is 0 Å². The topological polar surface area (TPSA) is 84.2 Å². The minimum Gasteiger partial charge on any atom is -0.368 e. The number of carbonyl (C=O) groups is 2. The molecule has 0 bridgehead atoms. The van der Waals surface area contributed by atoms with Crippen LogP contribution in [0, 0.1) is 0 Å². The van der Waals surface area contributed by atoms with E-state index in [4.69, 9.17) is 5.73 Å². The van der Waals surface area contributed by atoms with Gasteiger partial charge in [0, 0.05) is 6.42 Å². The predicted octanol–water partition coefficient (Wildman–Crippen LogP) is -0.993. The lowest BCUT2D eigenvalue weighted by atomic mass is 10.2. The van der Waals surface area contributed by atoms with Crippen molar-refractivity contribution in [1.82, 2.24) is 10.6 Å². The fourth-order valence-corrected chi connectivity index (χ4v) is 1.20. The second kappa shape index (κ2) is 5.22. The standard InChI is InChI=1S/C7H11F2N3O2.ClH/c8-7(9)1-4(12-3-7)6(14)11-2-5(10)13;/h4,12H,1-3H2,(H2,10,13)(H,11,14);1H. The Morgan fingerprint density at radius 2 is 2.13 bits per heavy atom. The van der Waals surface area contributed by atoms with E-state index in [-0.39, 0.29) is 19.0 Å². The highest BCUT2D eigenvalue weighted by Gasteiger charge is 2.42. The lowest BCUT2D eigenvalue weighted by molar-refractivity contribution is -0.126. The minimum atomic E-state index is -2.85. The van der Waals surface area contributed by atoms with Gasteiger partial charge in [-0.1, -0.05) is 0 Å². The highest BCUT2D eigenvalue weighted by molar-refractivity contribution is 5.87. The van der Waals surface area contributed by atoms with Crippen LogP contribution in [0.25, 0.3) is 0 Å². The zero-order valence-electron chi connectivity index (χ0n) is 7.76. The number of rotatable bonds is 3. The molecule has 0 aromatic carbocycles. The third-order valence-electron chi connectivity index (χ3n) is 1.86. The molecule has 0 spiro atoms. The highest BCUT2D eigenvalue weighted by atomic mass is 35.5. The number of halogens is 3. The monoisotopic (exact) mass is 243 g/mol. The number of hydrogen-bond donors (Lipinski definition) is 3. The maximum Gasteiger partial charge on any atom is 0.262 e. The molecule has 1 unspecified atom stereocenters. The van der Waals surface area contributed by atoms with E-state index in [1.807, 2.05) is 0 Å². The molecule has 4 N–H and O–H groups in total. The number of hydrogen-bond acceptors (Lipinski definition) is 3. The Balaban J connectivity index is 0.00000196. The first-order chi connectivity index (χ1) is 6.41. The SMILES string of the molecule is Cl.NC(=O)CNC(=O)C1CC(F)(F)CN1. The Morgan fingerprint density at radius 1 is 1.53 bits per heavy atom. The van der Waals surface area contributed by atoms with Crippen LogP contribution in [0.2, 0.25) is 0 Å². The molecule has 0 aromatic rings. The van der Waals surface area contributed by atoms with Gasteiger partial charge in [-0.05, 0) is 0 Å². The van der Waals surface area contributed by atoms with Crippen molar-refractivity contribution in [3.05, 3.63) is 0 Å². The summed E-state index contributed by atoms with van der Waals surface area (Å²) in [6.45, 7) is -0.843. The first-order valence-electron chi connectivity index (χ1n) is 4.08. The van der Waals surface area contributed by atoms with Crippen molar-refractivity contribution in [2.75, 3.05) is 13.1 Å². The Bertz CT molecular complexity index is 263. The van der Waals surface area contributed by atoms with Crippen molar-refractivity contribution >= 4 is 24.2 Å². The van der Waals surface area contributed by atoms with Crippen LogP contribution in [0.3, 0.4) is 0 Å². The Morgan fingerprint density at radius 3 is 2.53 bits per heavy atom. The molecule has 0 radical (unpaired) electrons. The molecular weight excluding hydrogens is 232 g/mol. The predicted molar refractivity (Wildman–Crippen MR) is 50.8 cm³/mol. The zero-order chi connectivity index (χ0) is 10.8. The van der Waals surface area contributed by atoms with Gasteiger partial charge in [0.1, 0.15) is 0 Å². The summed E-state index contributed by atoms with van der Waals surface area (Å²) in [5.41, 5.74) is 4.77. The smallest absolute Gasteiger partial charge is 0.262 e. The van der Waals surface area contributed by atoms with Gasteiger partial charge < -0.3 is 11.1 Å². The van der Waals surface area contributed by atoms with Crippen LogP contribution < -0.4 is 16.4 Å². The van der Waals surface area contributed by atoms with Crippen LogP contribution >= 0.6 is 12.4 Å². The van der Waals surface area contributed by atoms with Gasteiger partial charge >= 0.3 is 0 Å². The third-order valence-corrected chi connectivity index (χ3v) is 1.86. The number of primary amides is 1. The number of alkyl halides is 2. The van der Waals surface area contributed by atoms with Crippen molar-refractivity contribution in [3.8, 4) is 0 Å². The summed E-state index contributed by atoms with van der Waals surface area (Å²) in [6, 6.07) is -0.940. The fraction of sp³-hybridized carbons (Fsp3) is 0.714. The molecule has 1 aliphatic heterocycles. The molecule has 1 fully saturated rings. The van der Waals surface area contributed by atoms with E-state index in [1.54, 1.807) is 0 Å². The van der Waals surface area contributed by atoms with Gasteiger partial charge in [0.2, 0.25) is 11.8 Å². The molecule has 1 heterocycles. The number of nitrogens with two attached hydrogens (primary N) is 1. The number of amides is 2. The van der Waals surface area contributed by atoms with Crippen molar-refractivity contribution < 1.29 is 18.4 Å². The van der Waals surface area contributed by atoms with Crippen LogP contribution in [-0.4, -0.2) is 36.9 Å². The van der Waals surface area contributed by atoms with E-state index in [1.165, 1.54) is 0 Å². The molecule has 15 heavy (non-hydrogen) atoms. The molecule has 1 atom stereocenters. The van der Waals surface area contributed by atoms with E-state index in [2.05, 4.69) is 10.6 Å². The summed E-state index contributed by atoms with van der Waals surface area (Å²) in [6.07, 6.45) is -0.544. The molecule has 8 heteroatoms. The van der Waals surface area contributed by atoms with Gasteiger partial charge in [0.15, 0.2) is 0 Å². The number of carbonyl (C=O) groups excluding carboxylic acids is 2. The van der Waals surface area contributed by atoms with Crippen LogP contribution in [0.1, 0.15) is 6.42 Å². The molecule has 0 aromatic heterocycles. The van der Waals surface area contributed by atoms with Gasteiger partial charge in [0.05, 0.1) is 19.1 Å². The average Bonchev–Trinajstić information content (AvgIpc) is 2.41. The maximum atomic E-state index is 12.6. The van der Waals surface area contributed by atoms with E-state index in [0.29, 0.717) is 0 Å². The summed E-state index contributed by atoms with van der Waals surface area (Å²) in [7, 11) is 0. The Hall–Kier alpha value is -0.950. The minimum absolute atomic E-state index is 0. The highest BCUT2D eigenvalue weighted by Crippen LogP contribution is 2.24. The summed E-state index contributed by atoms with van der Waals surface area (Å²) in [5, 5.41) is 4.51. The van der Waals surface area contributed by atoms with Crippen LogP contribution in [-0.2, 0) is 9.59 Å². The van der Waals surface area contributed by atoms with E-state index in [9.17, 15) is 18.4 Å². The summed E-state index contributed by atoms with van der Waals surface area (Å²) in [5.74, 6) is -4.18. The summed E-state index contributed by atoms with van der Waals surface area (Å²) < 4.78 is 25.2. The Kier molecular flexibility index (Phi) is 4.89. The molecule has 1 rings (SSSR count). The van der Waals surface area contributed by atoms with Gasteiger partial charge in [-0.3, -0.25) is 14.9 Å². The lowest BCUT2D eigenvalue weighted by Gasteiger charge is -2.09. The second-order valence-electron chi connectivity index (χ2n) is 3.18. The average molecular weight is 244 g/mol. The second-order valence-corrected chi connectivity index (χ2v) is 3.18. The maximum absolute atomic E-state index is 12.6. The largest absolute Gasteiger partial charge is 0.368 e. The fourth-order valence-electron chi connectivity index (χ4n) is 1.20. The molecule has 1 aliphatic rings. The number of nitrogens with one attached hydrogen (secondary N) is 2. The third kappa shape index (κ3) is 4.39. The first kappa shape index (κ1) is 14.1. The van der Waals surface area contributed by atoms with Crippen molar-refractivity contribution in [2.45, 2.75) is 18.4 Å². The molecule has 0 aliphatic carbocycles. The summed E-state index contributed by atoms with van der Waals surface area (Å²) in [4.78, 5) is 21.4. The molecule has 0 saturated carbocycles. The molecule has 2 amide bonds. The lowest BCUT2D eigenvalue weighted by Crippen LogP contribution is -2.43. The summed E-state index contributed by atoms with van der Waals surface area (Å²) >= 11 is 0. The van der Waals surface area contributed by atoms with Crippen molar-refractivity contribution in [1.29, 1.82) is 0 Å². The molecule has 5 nitrogen and oxygen atoms in total. The van der Waals surface area contributed by atoms with Gasteiger partial charge in [0.25, 0.3) is 5.92 Å². The van der Waals surface area contributed by atoms with Gasteiger partial charge in [-0.2, -0.15) is 0 Å². The van der Waals surface area contributed by atoms with Crippen molar-refractivity contribution in [3.63, 3.8) is 0 Å². The van der Waals surface area contributed by atoms with Crippen LogP contribution in [0.5, 0.6) is 0 Å². The quantitative estimate of drug-likeness (QED) is 0.595. The van der Waals surface area contributed by atoms with Gasteiger partial charge in [-0.15, -0.1) is 12.4 Å². The van der Waals surface area contributed by atoms with E-state index < -0.39 is 36.7 Å². The van der Waals surface area contributed by atoms with Crippen LogP contribution in [0.4, 0.5) is 8.78 Å². The van der Waals surface area contributed by atoms with Gasteiger partial charge in [-0.25, -0.2) is 8.78 Å². The molecule has 1 saturated heterocycles. The van der Waals surface area contributed by atoms with Crippen molar-refractivity contribution in [2.24, 2.45) is 5.73 Å². The van der Waals surface area contributed by atoms with Crippen LogP contribution in [0.15, 0.2) is 0 Å². The van der Waals surface area contributed by atoms with E-state index >= 15 is 0 Å². The Labute approximate surface area is 91.2 Å². The zero-order valence-corrected chi connectivity index (χ0v) is 8.57. The molecule has 88 valence electrons.